The summed E-state index contributed by atoms with van der Waals surface area (Å²) in [4.78, 5) is 4.94. The van der Waals surface area contributed by atoms with Gasteiger partial charge in [-0.3, -0.25) is 4.99 Å². The van der Waals surface area contributed by atoms with Crippen molar-refractivity contribution in [2.75, 3.05) is 5.75 Å². The lowest BCUT2D eigenvalue weighted by Crippen LogP contribution is -2.15. The van der Waals surface area contributed by atoms with E-state index in [0.717, 1.165) is 10.8 Å². The quantitative estimate of drug-likeness (QED) is 0.223. The Hall–Kier alpha value is -3.88. The monoisotopic (exact) mass is 493 g/mol. The van der Waals surface area contributed by atoms with Gasteiger partial charge in [0.25, 0.3) is 0 Å². The molecular formula is C35H27NS. The lowest BCUT2D eigenvalue weighted by atomic mass is 9.85. The molecule has 0 bridgehead atoms. The molecule has 1 heterocycles. The van der Waals surface area contributed by atoms with Crippen LogP contribution in [0, 0.1) is 0 Å². The van der Waals surface area contributed by atoms with E-state index in [9.17, 15) is 0 Å². The highest BCUT2D eigenvalue weighted by Gasteiger charge is 2.26. The molecule has 0 aliphatic carbocycles. The van der Waals surface area contributed by atoms with Gasteiger partial charge in [0, 0.05) is 11.3 Å². The summed E-state index contributed by atoms with van der Waals surface area (Å²) in [6.45, 7) is 4.41. The Morgan fingerprint density at radius 2 is 1.03 bits per heavy atom. The molecule has 1 nitrogen and oxygen atoms in total. The van der Waals surface area contributed by atoms with E-state index < -0.39 is 0 Å². The average molecular weight is 494 g/mol. The first-order chi connectivity index (χ1) is 18.1. The zero-order valence-corrected chi connectivity index (χ0v) is 21.8. The molecule has 0 fully saturated rings. The molecule has 1 aliphatic heterocycles. The maximum Gasteiger partial charge on any atom is 0.0984 e. The number of hydrogen-bond acceptors (Lipinski definition) is 2. The van der Waals surface area contributed by atoms with E-state index in [4.69, 9.17) is 4.99 Å². The van der Waals surface area contributed by atoms with Gasteiger partial charge in [-0.15, -0.1) is 11.8 Å². The van der Waals surface area contributed by atoms with Gasteiger partial charge in [0.05, 0.1) is 10.6 Å². The van der Waals surface area contributed by atoms with Crippen LogP contribution >= 0.6 is 11.8 Å². The van der Waals surface area contributed by atoms with Crippen molar-refractivity contribution >= 4 is 49.1 Å². The molecule has 0 amide bonds. The summed E-state index contributed by atoms with van der Waals surface area (Å²) in [5.41, 5.74) is 6.32. The van der Waals surface area contributed by atoms with Gasteiger partial charge < -0.3 is 0 Å². The summed E-state index contributed by atoms with van der Waals surface area (Å²) in [7, 11) is 0. The highest BCUT2D eigenvalue weighted by molar-refractivity contribution is 8.14. The van der Waals surface area contributed by atoms with Gasteiger partial charge in [-0.05, 0) is 74.5 Å². The zero-order chi connectivity index (χ0) is 25.0. The summed E-state index contributed by atoms with van der Waals surface area (Å²) < 4.78 is 0. The molecule has 2 heteroatoms. The molecule has 0 atom stereocenters. The molecule has 0 N–H and O–H groups in total. The third-order valence-electron chi connectivity index (χ3n) is 7.36. The first-order valence-corrected chi connectivity index (χ1v) is 13.8. The van der Waals surface area contributed by atoms with Gasteiger partial charge in [-0.2, -0.15) is 0 Å². The van der Waals surface area contributed by atoms with E-state index in [1.54, 1.807) is 0 Å². The largest absolute Gasteiger partial charge is 0.271 e. The minimum absolute atomic E-state index is 0.0175. The summed E-state index contributed by atoms with van der Waals surface area (Å²) in [5.74, 6) is 1.04. The number of hydrogen-bond donors (Lipinski definition) is 0. The zero-order valence-electron chi connectivity index (χ0n) is 21.0. The molecule has 6 aromatic carbocycles. The molecule has 6 aromatic rings. The average Bonchev–Trinajstić information content (AvgIpc) is 3.31. The molecule has 178 valence electrons. The minimum Gasteiger partial charge on any atom is -0.271 e. The normalized spacial score (nSPS) is 14.9. The number of aliphatic imine (C=N–C) groups is 1. The van der Waals surface area contributed by atoms with Crippen LogP contribution in [0.25, 0.3) is 54.6 Å². The van der Waals surface area contributed by atoms with Crippen LogP contribution in [-0.4, -0.2) is 16.3 Å². The Bertz CT molecular complexity index is 1790. The van der Waals surface area contributed by atoms with Crippen LogP contribution in [0.5, 0.6) is 0 Å². The molecular weight excluding hydrogens is 466 g/mol. The van der Waals surface area contributed by atoms with Crippen molar-refractivity contribution in [3.8, 4) is 22.3 Å². The van der Waals surface area contributed by atoms with Crippen LogP contribution in [0.4, 0.5) is 0 Å². The van der Waals surface area contributed by atoms with Gasteiger partial charge in [-0.1, -0.05) is 109 Å². The van der Waals surface area contributed by atoms with E-state index >= 15 is 0 Å². The van der Waals surface area contributed by atoms with Gasteiger partial charge in [-0.25, -0.2) is 0 Å². The minimum atomic E-state index is 0.0175. The summed E-state index contributed by atoms with van der Waals surface area (Å²) in [6.07, 6.45) is 0. The number of benzene rings is 6. The molecule has 0 aromatic heterocycles. The fourth-order valence-corrected chi connectivity index (χ4v) is 6.78. The second-order valence-corrected chi connectivity index (χ2v) is 11.5. The third kappa shape index (κ3) is 3.84. The number of rotatable bonds is 3. The SMILES string of the molecule is CC1(C)CSC(c2ccc(-c3c4ccccc4c(-c4ccc5ccccc5c4)c4ccccc34)cc2)=N1. The number of nitrogens with zero attached hydrogens (tertiary/aromatic N) is 1. The van der Waals surface area contributed by atoms with Crippen LogP contribution in [-0.2, 0) is 0 Å². The van der Waals surface area contributed by atoms with Crippen LogP contribution in [0.15, 0.2) is 120 Å². The summed E-state index contributed by atoms with van der Waals surface area (Å²) in [5, 5.41) is 8.82. The second-order valence-electron chi connectivity index (χ2n) is 10.5. The highest BCUT2D eigenvalue weighted by atomic mass is 32.2. The molecule has 7 rings (SSSR count). The Morgan fingerprint density at radius 3 is 1.59 bits per heavy atom. The smallest absolute Gasteiger partial charge is 0.0984 e. The summed E-state index contributed by atoms with van der Waals surface area (Å²) in [6, 6.07) is 42.2. The van der Waals surface area contributed by atoms with E-state index in [1.807, 2.05) is 11.8 Å². The van der Waals surface area contributed by atoms with Crippen molar-refractivity contribution in [2.45, 2.75) is 19.4 Å². The van der Waals surface area contributed by atoms with Crippen LogP contribution in [0.3, 0.4) is 0 Å². The molecule has 37 heavy (non-hydrogen) atoms. The standard InChI is InChI=1S/C35H27NS/c1-35(2)22-37-34(36-35)25-18-16-24(17-19-25)32-28-11-5-7-13-30(28)33(31-14-8-6-12-29(31)32)27-20-15-23-9-3-4-10-26(23)21-27/h3-21H,22H2,1-2H3. The predicted molar refractivity (Wildman–Crippen MR) is 163 cm³/mol. The van der Waals surface area contributed by atoms with Crippen LogP contribution in [0.2, 0.25) is 0 Å². The topological polar surface area (TPSA) is 12.4 Å². The van der Waals surface area contributed by atoms with E-state index in [-0.39, 0.29) is 5.54 Å². The van der Waals surface area contributed by atoms with Crippen molar-refractivity contribution in [3.63, 3.8) is 0 Å². The lowest BCUT2D eigenvalue weighted by molar-refractivity contribution is 0.605. The fraction of sp³-hybridized carbons (Fsp3) is 0.114. The maximum atomic E-state index is 4.94. The second kappa shape index (κ2) is 8.61. The number of fused-ring (bicyclic) bond motifs is 3. The Kier molecular flexibility index (Phi) is 5.19. The van der Waals surface area contributed by atoms with Crippen molar-refractivity contribution in [2.24, 2.45) is 4.99 Å². The lowest BCUT2D eigenvalue weighted by Gasteiger charge is -2.18. The maximum absolute atomic E-state index is 4.94. The van der Waals surface area contributed by atoms with E-state index in [1.165, 1.54) is 60.1 Å². The summed E-state index contributed by atoms with van der Waals surface area (Å²) >= 11 is 1.86. The first kappa shape index (κ1) is 22.3. The molecule has 1 aliphatic rings. The number of thioether (sulfide) groups is 1. The van der Waals surface area contributed by atoms with Gasteiger partial charge >= 0.3 is 0 Å². The van der Waals surface area contributed by atoms with Crippen molar-refractivity contribution < 1.29 is 0 Å². The fourth-order valence-electron chi connectivity index (χ4n) is 5.61. The Balaban J connectivity index is 1.47. The van der Waals surface area contributed by atoms with E-state index in [0.29, 0.717) is 0 Å². The van der Waals surface area contributed by atoms with Gasteiger partial charge in [0.1, 0.15) is 0 Å². The highest BCUT2D eigenvalue weighted by Crippen LogP contribution is 2.44. The Labute approximate surface area is 221 Å². The molecule has 0 saturated carbocycles. The predicted octanol–water partition coefficient (Wildman–Crippen LogP) is 9.75. The first-order valence-electron chi connectivity index (χ1n) is 12.8. The van der Waals surface area contributed by atoms with Crippen LogP contribution < -0.4 is 0 Å². The molecule has 0 spiro atoms. The molecule has 0 saturated heterocycles. The van der Waals surface area contributed by atoms with Crippen LogP contribution in [0.1, 0.15) is 19.4 Å². The molecule has 0 unspecified atom stereocenters. The van der Waals surface area contributed by atoms with Crippen molar-refractivity contribution in [1.29, 1.82) is 0 Å². The molecule has 0 radical (unpaired) electrons. The van der Waals surface area contributed by atoms with E-state index in [2.05, 4.69) is 129 Å². The Morgan fingerprint density at radius 1 is 0.541 bits per heavy atom. The van der Waals surface area contributed by atoms with Gasteiger partial charge in [0.15, 0.2) is 0 Å². The third-order valence-corrected chi connectivity index (χ3v) is 8.81. The van der Waals surface area contributed by atoms with Crippen molar-refractivity contribution in [1.82, 2.24) is 0 Å². The van der Waals surface area contributed by atoms with Gasteiger partial charge in [0.2, 0.25) is 0 Å². The van der Waals surface area contributed by atoms with Crippen molar-refractivity contribution in [3.05, 3.63) is 121 Å².